The minimum atomic E-state index is -2.46. The van der Waals surface area contributed by atoms with Crippen LogP contribution in [-0.4, -0.2) is 28.2 Å². The van der Waals surface area contributed by atoms with Crippen LogP contribution in [0.1, 0.15) is 27.7 Å². The molecule has 0 saturated carbocycles. The molecule has 0 radical (unpaired) electrons. The minimum absolute atomic E-state index is 0.329. The van der Waals surface area contributed by atoms with Crippen molar-refractivity contribution >= 4 is 8.80 Å². The Bertz CT molecular complexity index is 127. The van der Waals surface area contributed by atoms with Crippen LogP contribution >= 0.6 is 0 Å². The third kappa shape index (κ3) is 4.73. The molecule has 0 heterocycles. The van der Waals surface area contributed by atoms with Crippen molar-refractivity contribution in [2.24, 2.45) is 5.73 Å². The van der Waals surface area contributed by atoms with Crippen LogP contribution in [0, 0.1) is 0 Å². The molecular formula is C8H21NO3Si. The maximum Gasteiger partial charge on any atom is 0.501 e. The quantitative estimate of drug-likeness (QED) is 0.505. The summed E-state index contributed by atoms with van der Waals surface area (Å²) < 4.78 is 16.6. The van der Waals surface area contributed by atoms with Crippen LogP contribution in [-0.2, 0) is 13.3 Å². The highest BCUT2D eigenvalue weighted by Crippen LogP contribution is 2.15. The summed E-state index contributed by atoms with van der Waals surface area (Å²) in [6.45, 7) is 8.86. The third-order valence-electron chi connectivity index (χ3n) is 1.53. The van der Waals surface area contributed by atoms with E-state index in [0.29, 0.717) is 13.2 Å². The van der Waals surface area contributed by atoms with Crippen molar-refractivity contribution in [3.05, 3.63) is 0 Å². The van der Waals surface area contributed by atoms with Gasteiger partial charge in [-0.1, -0.05) is 6.92 Å². The summed E-state index contributed by atoms with van der Waals surface area (Å²) in [5.74, 6) is 0. The lowest BCUT2D eigenvalue weighted by molar-refractivity contribution is 0.0416. The fraction of sp³-hybridized carbons (Fsp3) is 1.00. The summed E-state index contributed by atoms with van der Waals surface area (Å²) in [5, 5.41) is 0. The fourth-order valence-electron chi connectivity index (χ4n) is 1.12. The lowest BCUT2D eigenvalue weighted by Crippen LogP contribution is -2.49. The second kappa shape index (κ2) is 6.50. The molecule has 0 aromatic rings. The first-order valence-electron chi connectivity index (χ1n) is 4.81. The Kier molecular flexibility index (Phi) is 6.53. The predicted octanol–water partition coefficient (Wildman–Crippen LogP) is 1.34. The average Bonchev–Trinajstić information content (AvgIpc) is 2.04. The fourth-order valence-corrected chi connectivity index (χ4v) is 3.36. The summed E-state index contributed by atoms with van der Waals surface area (Å²) in [7, 11) is -2.46. The van der Waals surface area contributed by atoms with E-state index in [1.54, 1.807) is 6.92 Å². The van der Waals surface area contributed by atoms with Gasteiger partial charge in [-0.25, -0.2) is 0 Å². The summed E-state index contributed by atoms with van der Waals surface area (Å²) in [4.78, 5) is 0. The number of hydrogen-bond donors (Lipinski definition) is 1. The maximum absolute atomic E-state index is 5.57. The van der Waals surface area contributed by atoms with Crippen molar-refractivity contribution in [1.82, 2.24) is 0 Å². The molecule has 0 fully saturated rings. The first-order valence-corrected chi connectivity index (χ1v) is 6.74. The zero-order valence-electron chi connectivity index (χ0n) is 9.00. The molecule has 4 nitrogen and oxygen atoms in total. The second-order valence-electron chi connectivity index (χ2n) is 2.73. The van der Waals surface area contributed by atoms with Crippen LogP contribution in [0.15, 0.2) is 0 Å². The standard InChI is InChI=1S/C8H21NO3Si/c1-5-10-13(7-3,11-6-2)12-8(4)9/h8H,5-7,9H2,1-4H3. The SMILES string of the molecule is CCO[Si](CC)(OCC)OC(C)N. The molecule has 0 amide bonds. The molecule has 0 aliphatic rings. The van der Waals surface area contributed by atoms with Crippen molar-refractivity contribution in [2.75, 3.05) is 13.2 Å². The molecule has 0 aliphatic heterocycles. The van der Waals surface area contributed by atoms with Crippen LogP contribution < -0.4 is 5.73 Å². The van der Waals surface area contributed by atoms with Crippen LogP contribution in [0.4, 0.5) is 0 Å². The molecule has 1 atom stereocenters. The molecule has 13 heavy (non-hydrogen) atoms. The average molecular weight is 207 g/mol. The highest BCUT2D eigenvalue weighted by molar-refractivity contribution is 6.60. The molecule has 0 bridgehead atoms. The lowest BCUT2D eigenvalue weighted by atomic mass is 10.7. The van der Waals surface area contributed by atoms with Crippen LogP contribution in [0.3, 0.4) is 0 Å². The first-order chi connectivity index (χ1) is 6.10. The second-order valence-corrected chi connectivity index (χ2v) is 5.61. The summed E-state index contributed by atoms with van der Waals surface area (Å²) in [6.07, 6.45) is -0.329. The Labute approximate surface area is 81.7 Å². The van der Waals surface area contributed by atoms with Crippen molar-refractivity contribution in [3.8, 4) is 0 Å². The van der Waals surface area contributed by atoms with Crippen LogP contribution in [0.25, 0.3) is 0 Å². The molecule has 5 heteroatoms. The first kappa shape index (κ1) is 13.1. The van der Waals surface area contributed by atoms with E-state index in [4.69, 9.17) is 19.0 Å². The van der Waals surface area contributed by atoms with Gasteiger partial charge < -0.3 is 19.0 Å². The van der Waals surface area contributed by atoms with E-state index >= 15 is 0 Å². The number of nitrogens with two attached hydrogens (primary N) is 1. The van der Waals surface area contributed by atoms with Gasteiger partial charge in [0.15, 0.2) is 0 Å². The van der Waals surface area contributed by atoms with Gasteiger partial charge in [-0.2, -0.15) is 0 Å². The summed E-state index contributed by atoms with van der Waals surface area (Å²) in [6, 6.07) is 0.760. The molecule has 0 aromatic heterocycles. The summed E-state index contributed by atoms with van der Waals surface area (Å²) >= 11 is 0. The third-order valence-corrected chi connectivity index (χ3v) is 4.58. The topological polar surface area (TPSA) is 53.7 Å². The minimum Gasteiger partial charge on any atom is -0.374 e. The van der Waals surface area contributed by atoms with Crippen LogP contribution in [0.2, 0.25) is 6.04 Å². The molecule has 80 valence electrons. The molecule has 0 rings (SSSR count). The van der Waals surface area contributed by atoms with E-state index in [1.165, 1.54) is 0 Å². The Hall–Kier alpha value is 0.0569. The maximum atomic E-state index is 5.57. The number of hydrogen-bond acceptors (Lipinski definition) is 4. The van der Waals surface area contributed by atoms with E-state index in [2.05, 4.69) is 0 Å². The van der Waals surface area contributed by atoms with Gasteiger partial charge in [0.1, 0.15) is 0 Å². The van der Waals surface area contributed by atoms with Gasteiger partial charge in [0.05, 0.1) is 6.23 Å². The molecule has 0 saturated heterocycles. The molecule has 1 unspecified atom stereocenters. The molecule has 0 spiro atoms. The van der Waals surface area contributed by atoms with Crippen LogP contribution in [0.5, 0.6) is 0 Å². The van der Waals surface area contributed by atoms with E-state index in [1.807, 2.05) is 20.8 Å². The van der Waals surface area contributed by atoms with Gasteiger partial charge in [-0.3, -0.25) is 0 Å². The van der Waals surface area contributed by atoms with Crippen molar-refractivity contribution in [2.45, 2.75) is 40.0 Å². The van der Waals surface area contributed by atoms with E-state index in [9.17, 15) is 0 Å². The van der Waals surface area contributed by atoms with Gasteiger partial charge >= 0.3 is 8.80 Å². The highest BCUT2D eigenvalue weighted by Gasteiger charge is 2.39. The Morgan fingerprint density at radius 3 is 1.85 bits per heavy atom. The van der Waals surface area contributed by atoms with Crippen molar-refractivity contribution < 1.29 is 13.3 Å². The van der Waals surface area contributed by atoms with E-state index < -0.39 is 8.80 Å². The Morgan fingerprint density at radius 1 is 1.15 bits per heavy atom. The lowest BCUT2D eigenvalue weighted by Gasteiger charge is -2.29. The highest BCUT2D eigenvalue weighted by atomic mass is 28.4. The Balaban J connectivity index is 4.24. The predicted molar refractivity (Wildman–Crippen MR) is 54.2 cm³/mol. The van der Waals surface area contributed by atoms with E-state index in [0.717, 1.165) is 6.04 Å². The zero-order valence-corrected chi connectivity index (χ0v) is 10.0. The molecule has 0 aromatic carbocycles. The summed E-state index contributed by atoms with van der Waals surface area (Å²) in [5.41, 5.74) is 5.57. The zero-order chi connectivity index (χ0) is 10.3. The van der Waals surface area contributed by atoms with Gasteiger partial charge in [0.2, 0.25) is 0 Å². The van der Waals surface area contributed by atoms with Crippen molar-refractivity contribution in [1.29, 1.82) is 0 Å². The van der Waals surface area contributed by atoms with Crippen molar-refractivity contribution in [3.63, 3.8) is 0 Å². The normalized spacial score (nSPS) is 14.5. The number of rotatable bonds is 7. The van der Waals surface area contributed by atoms with E-state index in [-0.39, 0.29) is 6.23 Å². The molecule has 2 N–H and O–H groups in total. The molecular weight excluding hydrogens is 186 g/mol. The van der Waals surface area contributed by atoms with Gasteiger partial charge in [0.25, 0.3) is 0 Å². The smallest absolute Gasteiger partial charge is 0.374 e. The molecule has 0 aliphatic carbocycles. The van der Waals surface area contributed by atoms with Gasteiger partial charge in [-0.15, -0.1) is 0 Å². The van der Waals surface area contributed by atoms with Gasteiger partial charge in [0, 0.05) is 19.3 Å². The monoisotopic (exact) mass is 207 g/mol. The largest absolute Gasteiger partial charge is 0.501 e. The Morgan fingerprint density at radius 2 is 1.62 bits per heavy atom. The van der Waals surface area contributed by atoms with Gasteiger partial charge in [-0.05, 0) is 20.8 Å².